The topological polar surface area (TPSA) is 93.6 Å². The molecule has 2 N–H and O–H groups in total. The Hall–Kier alpha value is -1.89. The van der Waals surface area contributed by atoms with E-state index in [1.807, 2.05) is 6.92 Å². The lowest BCUT2D eigenvalue weighted by molar-refractivity contribution is -0.142. The van der Waals surface area contributed by atoms with Crippen molar-refractivity contribution >= 4 is 11.8 Å². The second kappa shape index (κ2) is 8.24. The van der Waals surface area contributed by atoms with Crippen LogP contribution in [-0.2, 0) is 9.53 Å². The molecule has 100 valence electrons. The standard InChI is InChI=1S/C11H17N3O4/c1-2-4-18-10-6-9(13-8-14-10)12-3-5-17-7-11(15)16/h6,8H,2-5,7H2,1H3,(H,15,16)(H,12,13,14). The number of carbonyl (C=O) groups is 1. The molecule has 0 aromatic carbocycles. The first-order valence-electron chi connectivity index (χ1n) is 5.70. The molecule has 1 heterocycles. The summed E-state index contributed by atoms with van der Waals surface area (Å²) in [5.74, 6) is 0.156. The van der Waals surface area contributed by atoms with Crippen molar-refractivity contribution in [2.75, 3.05) is 31.7 Å². The first-order valence-corrected chi connectivity index (χ1v) is 5.70. The second-order valence-corrected chi connectivity index (χ2v) is 3.46. The molecule has 0 aliphatic rings. The summed E-state index contributed by atoms with van der Waals surface area (Å²) in [6.45, 7) is 3.09. The van der Waals surface area contributed by atoms with E-state index < -0.39 is 5.97 Å². The minimum absolute atomic E-state index is 0.293. The zero-order chi connectivity index (χ0) is 13.2. The van der Waals surface area contributed by atoms with Crippen LogP contribution in [0.5, 0.6) is 5.88 Å². The van der Waals surface area contributed by atoms with Gasteiger partial charge in [-0.25, -0.2) is 14.8 Å². The van der Waals surface area contributed by atoms with Crippen LogP contribution in [0.15, 0.2) is 12.4 Å². The number of anilines is 1. The van der Waals surface area contributed by atoms with Crippen molar-refractivity contribution in [3.63, 3.8) is 0 Å². The molecular formula is C11H17N3O4. The zero-order valence-corrected chi connectivity index (χ0v) is 10.3. The normalized spacial score (nSPS) is 10.1. The Kier molecular flexibility index (Phi) is 6.49. The summed E-state index contributed by atoms with van der Waals surface area (Å²) in [6, 6.07) is 1.69. The Labute approximate surface area is 105 Å². The third-order valence-electron chi connectivity index (χ3n) is 1.87. The number of aromatic nitrogens is 2. The summed E-state index contributed by atoms with van der Waals surface area (Å²) in [4.78, 5) is 18.2. The summed E-state index contributed by atoms with van der Waals surface area (Å²) in [5.41, 5.74) is 0. The SMILES string of the molecule is CCCOc1cc(NCCOCC(=O)O)ncn1. The fourth-order valence-electron chi connectivity index (χ4n) is 1.13. The molecule has 0 saturated carbocycles. The van der Waals surface area contributed by atoms with Crippen molar-refractivity contribution in [3.05, 3.63) is 12.4 Å². The van der Waals surface area contributed by atoms with Gasteiger partial charge in [-0.2, -0.15) is 0 Å². The van der Waals surface area contributed by atoms with E-state index in [2.05, 4.69) is 15.3 Å². The van der Waals surface area contributed by atoms with Crippen LogP contribution < -0.4 is 10.1 Å². The van der Waals surface area contributed by atoms with E-state index in [4.69, 9.17) is 14.6 Å². The average Bonchev–Trinajstić information content (AvgIpc) is 2.36. The number of ether oxygens (including phenoxy) is 2. The van der Waals surface area contributed by atoms with Crippen molar-refractivity contribution in [1.82, 2.24) is 9.97 Å². The van der Waals surface area contributed by atoms with Crippen LogP contribution in [0.25, 0.3) is 0 Å². The van der Waals surface area contributed by atoms with Gasteiger partial charge in [0.15, 0.2) is 0 Å². The Bertz CT molecular complexity index is 373. The van der Waals surface area contributed by atoms with Gasteiger partial charge in [-0.05, 0) is 6.42 Å². The number of rotatable bonds is 9. The van der Waals surface area contributed by atoms with Crippen molar-refractivity contribution in [2.45, 2.75) is 13.3 Å². The van der Waals surface area contributed by atoms with Gasteiger partial charge in [0.05, 0.1) is 13.2 Å². The first-order chi connectivity index (χ1) is 8.72. The van der Waals surface area contributed by atoms with E-state index in [1.165, 1.54) is 6.33 Å². The monoisotopic (exact) mass is 255 g/mol. The quantitative estimate of drug-likeness (QED) is 0.630. The molecule has 0 radical (unpaired) electrons. The van der Waals surface area contributed by atoms with E-state index in [0.717, 1.165) is 6.42 Å². The van der Waals surface area contributed by atoms with E-state index in [1.54, 1.807) is 6.07 Å². The molecule has 0 spiro atoms. The van der Waals surface area contributed by atoms with Crippen LogP contribution >= 0.6 is 0 Å². The van der Waals surface area contributed by atoms with Crippen LogP contribution in [-0.4, -0.2) is 47.4 Å². The molecule has 7 nitrogen and oxygen atoms in total. The van der Waals surface area contributed by atoms with Gasteiger partial charge in [0, 0.05) is 12.6 Å². The molecule has 0 amide bonds. The fourth-order valence-corrected chi connectivity index (χ4v) is 1.13. The van der Waals surface area contributed by atoms with E-state index in [0.29, 0.717) is 31.5 Å². The highest BCUT2D eigenvalue weighted by Gasteiger charge is 2.00. The third-order valence-corrected chi connectivity index (χ3v) is 1.87. The van der Waals surface area contributed by atoms with Crippen LogP contribution in [0, 0.1) is 0 Å². The third kappa shape index (κ3) is 6.00. The molecule has 0 aliphatic heterocycles. The Balaban J connectivity index is 2.26. The molecule has 0 saturated heterocycles. The van der Waals surface area contributed by atoms with Gasteiger partial charge in [-0.3, -0.25) is 0 Å². The van der Waals surface area contributed by atoms with Gasteiger partial charge in [0.25, 0.3) is 0 Å². The molecule has 7 heteroatoms. The highest BCUT2D eigenvalue weighted by molar-refractivity contribution is 5.67. The van der Waals surface area contributed by atoms with E-state index >= 15 is 0 Å². The van der Waals surface area contributed by atoms with Gasteiger partial charge < -0.3 is 19.9 Å². The number of hydrogen-bond acceptors (Lipinski definition) is 6. The molecule has 1 aromatic rings. The average molecular weight is 255 g/mol. The maximum absolute atomic E-state index is 10.2. The summed E-state index contributed by atoms with van der Waals surface area (Å²) in [7, 11) is 0. The maximum Gasteiger partial charge on any atom is 0.329 e. The molecular weight excluding hydrogens is 238 g/mol. The van der Waals surface area contributed by atoms with E-state index in [9.17, 15) is 4.79 Å². The minimum atomic E-state index is -0.979. The summed E-state index contributed by atoms with van der Waals surface area (Å²) in [5, 5.41) is 11.4. The lowest BCUT2D eigenvalue weighted by atomic mass is 10.5. The molecule has 1 rings (SSSR count). The van der Waals surface area contributed by atoms with Crippen molar-refractivity contribution < 1.29 is 19.4 Å². The summed E-state index contributed by atoms with van der Waals surface area (Å²) >= 11 is 0. The lowest BCUT2D eigenvalue weighted by Gasteiger charge is -2.07. The molecule has 0 atom stereocenters. The number of hydrogen-bond donors (Lipinski definition) is 2. The molecule has 0 bridgehead atoms. The Morgan fingerprint density at radius 1 is 1.44 bits per heavy atom. The number of carboxylic acids is 1. The lowest BCUT2D eigenvalue weighted by Crippen LogP contribution is -2.14. The number of nitrogens with one attached hydrogen (secondary N) is 1. The maximum atomic E-state index is 10.2. The van der Waals surface area contributed by atoms with Gasteiger partial charge >= 0.3 is 5.97 Å². The highest BCUT2D eigenvalue weighted by Crippen LogP contribution is 2.10. The summed E-state index contributed by atoms with van der Waals surface area (Å²) < 4.78 is 10.2. The van der Waals surface area contributed by atoms with Gasteiger partial charge in [0.1, 0.15) is 18.8 Å². The number of nitrogens with zero attached hydrogens (tertiary/aromatic N) is 2. The van der Waals surface area contributed by atoms with E-state index in [-0.39, 0.29) is 6.61 Å². The first kappa shape index (κ1) is 14.2. The minimum Gasteiger partial charge on any atom is -0.480 e. The fraction of sp³-hybridized carbons (Fsp3) is 0.545. The molecule has 18 heavy (non-hydrogen) atoms. The van der Waals surface area contributed by atoms with Crippen molar-refractivity contribution in [3.8, 4) is 5.88 Å². The van der Waals surface area contributed by atoms with Crippen LogP contribution in [0.4, 0.5) is 5.82 Å². The summed E-state index contributed by atoms with van der Waals surface area (Å²) in [6.07, 6.45) is 2.32. The largest absolute Gasteiger partial charge is 0.480 e. The van der Waals surface area contributed by atoms with Crippen LogP contribution in [0.2, 0.25) is 0 Å². The molecule has 1 aromatic heterocycles. The van der Waals surface area contributed by atoms with Crippen LogP contribution in [0.3, 0.4) is 0 Å². The molecule has 0 aliphatic carbocycles. The zero-order valence-electron chi connectivity index (χ0n) is 10.3. The Morgan fingerprint density at radius 3 is 3.00 bits per heavy atom. The van der Waals surface area contributed by atoms with Gasteiger partial charge in [0.2, 0.25) is 5.88 Å². The molecule has 0 fully saturated rings. The highest BCUT2D eigenvalue weighted by atomic mass is 16.5. The Morgan fingerprint density at radius 2 is 2.28 bits per heavy atom. The smallest absolute Gasteiger partial charge is 0.329 e. The van der Waals surface area contributed by atoms with Crippen molar-refractivity contribution in [2.24, 2.45) is 0 Å². The number of aliphatic carboxylic acids is 1. The second-order valence-electron chi connectivity index (χ2n) is 3.46. The predicted molar refractivity (Wildman–Crippen MR) is 64.8 cm³/mol. The van der Waals surface area contributed by atoms with Gasteiger partial charge in [-0.15, -0.1) is 0 Å². The predicted octanol–water partition coefficient (Wildman–Crippen LogP) is 0.778. The number of carboxylic acid groups (broad SMARTS) is 1. The van der Waals surface area contributed by atoms with Crippen molar-refractivity contribution in [1.29, 1.82) is 0 Å². The van der Waals surface area contributed by atoms with Crippen LogP contribution in [0.1, 0.15) is 13.3 Å². The van der Waals surface area contributed by atoms with Gasteiger partial charge in [-0.1, -0.05) is 6.92 Å². The molecule has 0 unspecified atom stereocenters.